The Kier molecular flexibility index (Phi) is 8.74. The lowest BCUT2D eigenvalue weighted by Crippen LogP contribution is -2.41. The molecule has 2 aromatic carbocycles. The van der Waals surface area contributed by atoms with Gasteiger partial charge in [0.2, 0.25) is 0 Å². The van der Waals surface area contributed by atoms with Crippen LogP contribution in [0, 0.1) is 13.8 Å². The van der Waals surface area contributed by atoms with E-state index in [1.54, 1.807) is 0 Å². The maximum absolute atomic E-state index is 13.0. The summed E-state index contributed by atoms with van der Waals surface area (Å²) in [5.41, 5.74) is 3.68. The summed E-state index contributed by atoms with van der Waals surface area (Å²) in [6.07, 6.45) is 5.12. The number of likely N-dealkylation sites (N-methyl/N-ethyl adjacent to an activating group) is 1. The summed E-state index contributed by atoms with van der Waals surface area (Å²) in [5, 5.41) is 20.2. The highest BCUT2D eigenvalue weighted by atomic mass is 16.5. The first-order valence-electron chi connectivity index (χ1n) is 13.5. The molecule has 2 unspecified atom stereocenters. The minimum Gasteiger partial charge on any atom is -0.487 e. The highest BCUT2D eigenvalue weighted by Gasteiger charge is 2.39. The molecule has 0 saturated heterocycles. The van der Waals surface area contributed by atoms with E-state index in [4.69, 9.17) is 4.74 Å². The van der Waals surface area contributed by atoms with Crippen molar-refractivity contribution in [2.75, 3.05) is 7.05 Å². The summed E-state index contributed by atoms with van der Waals surface area (Å²) in [6, 6.07) is 11.3. The molecule has 0 aromatic heterocycles. The van der Waals surface area contributed by atoms with Crippen molar-refractivity contribution in [3.05, 3.63) is 64.2 Å². The van der Waals surface area contributed by atoms with Crippen molar-refractivity contribution in [1.82, 2.24) is 4.90 Å². The summed E-state index contributed by atoms with van der Waals surface area (Å²) in [7, 11) is 1.52. The Bertz CT molecular complexity index is 1130. The van der Waals surface area contributed by atoms with Crippen LogP contribution < -0.4 is 4.74 Å². The maximum atomic E-state index is 13.0. The second-order valence-corrected chi connectivity index (χ2v) is 10.8. The minimum atomic E-state index is -1.03. The van der Waals surface area contributed by atoms with E-state index >= 15 is 0 Å². The van der Waals surface area contributed by atoms with Gasteiger partial charge in [-0.25, -0.2) is 4.79 Å². The van der Waals surface area contributed by atoms with Crippen molar-refractivity contribution in [3.63, 3.8) is 0 Å². The van der Waals surface area contributed by atoms with Crippen LogP contribution in [0.15, 0.2) is 36.4 Å². The third kappa shape index (κ3) is 5.54. The highest BCUT2D eigenvalue weighted by Crippen LogP contribution is 2.42. The molecule has 1 aliphatic carbocycles. The second kappa shape index (κ2) is 11.3. The Morgan fingerprint density at radius 1 is 1.00 bits per heavy atom. The van der Waals surface area contributed by atoms with Gasteiger partial charge in [-0.05, 0) is 87.8 Å². The Morgan fingerprint density at radius 3 is 2.03 bits per heavy atom. The molecular formula is C31H43NO5. The topological polar surface area (TPSA) is 87.1 Å². The van der Waals surface area contributed by atoms with Crippen LogP contribution in [0.5, 0.6) is 5.75 Å². The van der Waals surface area contributed by atoms with Gasteiger partial charge >= 0.3 is 5.97 Å². The Labute approximate surface area is 221 Å². The largest absolute Gasteiger partial charge is 0.487 e. The number of hydrogen-bond acceptors (Lipinski definition) is 4. The summed E-state index contributed by atoms with van der Waals surface area (Å²) in [4.78, 5) is 25.6. The standard InChI is InChI=1S/C31H43NO5/c1-8-30(9-2,24-12-14-26(20(3)18-24)28(33)32(7)22(5)29(34)35)25-13-15-27(21(4)19-25)37-23(6)31(36)16-10-11-17-31/h12-15,18-19,22-23,36H,8-11,16-17H2,1-7H3,(H,34,35). The van der Waals surface area contributed by atoms with Crippen molar-refractivity contribution < 1.29 is 24.5 Å². The van der Waals surface area contributed by atoms with Crippen LogP contribution in [0.3, 0.4) is 0 Å². The molecule has 2 N–H and O–H groups in total. The van der Waals surface area contributed by atoms with E-state index < -0.39 is 17.6 Å². The lowest BCUT2D eigenvalue weighted by atomic mass is 9.70. The number of carbonyl (C=O) groups excluding carboxylic acids is 1. The average Bonchev–Trinajstić information content (AvgIpc) is 3.33. The number of rotatable bonds is 10. The molecule has 1 fully saturated rings. The number of amides is 1. The average molecular weight is 510 g/mol. The number of aliphatic hydroxyl groups is 1. The summed E-state index contributed by atoms with van der Waals surface area (Å²) >= 11 is 0. The molecule has 6 nitrogen and oxygen atoms in total. The van der Waals surface area contributed by atoms with Crippen molar-refractivity contribution in [2.24, 2.45) is 0 Å². The first-order valence-corrected chi connectivity index (χ1v) is 13.5. The van der Waals surface area contributed by atoms with E-state index in [1.165, 1.54) is 24.4 Å². The number of carboxylic acid groups (broad SMARTS) is 1. The molecule has 2 atom stereocenters. The van der Waals surface area contributed by atoms with E-state index in [2.05, 4.69) is 32.0 Å². The number of carbonyl (C=O) groups is 2. The van der Waals surface area contributed by atoms with Gasteiger partial charge in [0.15, 0.2) is 0 Å². The van der Waals surface area contributed by atoms with E-state index in [-0.39, 0.29) is 17.4 Å². The molecule has 0 aliphatic heterocycles. The molecule has 0 spiro atoms. The van der Waals surface area contributed by atoms with E-state index in [1.807, 2.05) is 39.0 Å². The van der Waals surface area contributed by atoms with Crippen LogP contribution in [0.1, 0.15) is 98.8 Å². The molecule has 0 heterocycles. The van der Waals surface area contributed by atoms with Gasteiger partial charge in [0.05, 0.1) is 0 Å². The zero-order valence-electron chi connectivity index (χ0n) is 23.4. The van der Waals surface area contributed by atoms with Crippen LogP contribution in [-0.2, 0) is 10.2 Å². The quantitative estimate of drug-likeness (QED) is 0.409. The first kappa shape index (κ1) is 28.7. The first-order chi connectivity index (χ1) is 17.4. The number of aliphatic carboxylic acids is 1. The number of carboxylic acids is 1. The number of aryl methyl sites for hydroxylation is 2. The minimum absolute atomic E-state index is 0.245. The fraction of sp³-hybridized carbons (Fsp3) is 0.548. The summed E-state index contributed by atoms with van der Waals surface area (Å²) < 4.78 is 6.26. The Hall–Kier alpha value is -2.86. The van der Waals surface area contributed by atoms with Crippen molar-refractivity contribution in [2.45, 2.75) is 103 Å². The molecule has 37 heavy (non-hydrogen) atoms. The maximum Gasteiger partial charge on any atom is 0.326 e. The Balaban J connectivity index is 1.92. The molecule has 3 rings (SSSR count). The summed E-state index contributed by atoms with van der Waals surface area (Å²) in [5.74, 6) is -0.533. The molecule has 0 radical (unpaired) electrons. The number of hydrogen-bond donors (Lipinski definition) is 2. The smallest absolute Gasteiger partial charge is 0.326 e. The van der Waals surface area contributed by atoms with Gasteiger partial charge in [0, 0.05) is 18.0 Å². The van der Waals surface area contributed by atoms with Crippen LogP contribution in [-0.4, -0.2) is 51.8 Å². The summed E-state index contributed by atoms with van der Waals surface area (Å²) in [6.45, 7) is 11.8. The molecular weight excluding hydrogens is 466 g/mol. The third-order valence-corrected chi connectivity index (χ3v) is 8.73. The van der Waals surface area contributed by atoms with E-state index in [0.717, 1.165) is 61.0 Å². The van der Waals surface area contributed by atoms with Gasteiger partial charge in [-0.1, -0.05) is 51.0 Å². The van der Waals surface area contributed by atoms with Gasteiger partial charge < -0.3 is 19.8 Å². The third-order valence-electron chi connectivity index (χ3n) is 8.73. The number of benzene rings is 2. The van der Waals surface area contributed by atoms with E-state index in [9.17, 15) is 19.8 Å². The van der Waals surface area contributed by atoms with Crippen LogP contribution in [0.2, 0.25) is 0 Å². The zero-order valence-corrected chi connectivity index (χ0v) is 23.4. The molecule has 6 heteroatoms. The lowest BCUT2D eigenvalue weighted by molar-refractivity contribution is -0.141. The lowest BCUT2D eigenvalue weighted by Gasteiger charge is -2.35. The van der Waals surface area contributed by atoms with E-state index in [0.29, 0.717) is 5.56 Å². The van der Waals surface area contributed by atoms with Crippen LogP contribution in [0.4, 0.5) is 0 Å². The molecule has 0 bridgehead atoms. The van der Waals surface area contributed by atoms with Gasteiger partial charge in [-0.3, -0.25) is 4.79 Å². The fourth-order valence-electron chi connectivity index (χ4n) is 5.74. The Morgan fingerprint density at radius 2 is 1.54 bits per heavy atom. The van der Waals surface area contributed by atoms with Crippen molar-refractivity contribution >= 4 is 11.9 Å². The molecule has 1 saturated carbocycles. The predicted octanol–water partition coefficient (Wildman–Crippen LogP) is 6.03. The van der Waals surface area contributed by atoms with Gasteiger partial charge in [0.25, 0.3) is 5.91 Å². The van der Waals surface area contributed by atoms with Gasteiger partial charge in [-0.15, -0.1) is 0 Å². The fourth-order valence-corrected chi connectivity index (χ4v) is 5.74. The zero-order chi connectivity index (χ0) is 27.5. The van der Waals surface area contributed by atoms with Crippen molar-refractivity contribution in [3.8, 4) is 5.75 Å². The molecule has 2 aromatic rings. The van der Waals surface area contributed by atoms with Gasteiger partial charge in [-0.2, -0.15) is 0 Å². The molecule has 1 amide bonds. The second-order valence-electron chi connectivity index (χ2n) is 10.8. The predicted molar refractivity (Wildman–Crippen MR) is 146 cm³/mol. The SMILES string of the molecule is CCC(CC)(c1ccc(OC(C)C2(O)CCCC2)c(C)c1)c1ccc(C(=O)N(C)C(C)C(=O)O)c(C)c1. The number of ether oxygens (including phenoxy) is 1. The van der Waals surface area contributed by atoms with Crippen LogP contribution in [0.25, 0.3) is 0 Å². The van der Waals surface area contributed by atoms with Crippen molar-refractivity contribution in [1.29, 1.82) is 0 Å². The normalized spacial score (nSPS) is 16.8. The molecule has 1 aliphatic rings. The number of nitrogens with zero attached hydrogens (tertiary/aromatic N) is 1. The van der Waals surface area contributed by atoms with Gasteiger partial charge in [0.1, 0.15) is 23.5 Å². The molecule has 202 valence electrons. The van der Waals surface area contributed by atoms with Crippen LogP contribution >= 0.6 is 0 Å². The highest BCUT2D eigenvalue weighted by molar-refractivity contribution is 5.97. The monoisotopic (exact) mass is 509 g/mol.